The van der Waals surface area contributed by atoms with Crippen LogP contribution in [0.15, 0.2) is 35.5 Å². The average molecular weight is 264 g/mol. The Morgan fingerprint density at radius 2 is 2.17 bits per heavy atom. The van der Waals surface area contributed by atoms with Crippen LogP contribution in [0.1, 0.15) is 5.56 Å². The minimum absolute atomic E-state index is 0.438. The molecule has 1 unspecified atom stereocenters. The van der Waals surface area contributed by atoms with Gasteiger partial charge in [0.1, 0.15) is 5.25 Å². The Labute approximate surface area is 108 Å². The van der Waals surface area contributed by atoms with Gasteiger partial charge in [0.05, 0.1) is 0 Å². The molecule has 1 aromatic carbocycles. The molecule has 18 heavy (non-hydrogen) atoms. The van der Waals surface area contributed by atoms with Crippen LogP contribution in [0.4, 0.5) is 0 Å². The zero-order chi connectivity index (χ0) is 13.0. The number of aromatic nitrogens is 4. The summed E-state index contributed by atoms with van der Waals surface area (Å²) in [5.74, 6) is -0.869. The summed E-state index contributed by atoms with van der Waals surface area (Å²) in [5.41, 5.74) is 0.979. The van der Waals surface area contributed by atoms with E-state index in [1.54, 1.807) is 7.05 Å². The maximum absolute atomic E-state index is 11.2. The third kappa shape index (κ3) is 3.07. The number of carboxylic acid groups (broad SMARTS) is 1. The van der Waals surface area contributed by atoms with Gasteiger partial charge in [0.25, 0.3) is 0 Å². The molecule has 0 aliphatic carbocycles. The molecule has 0 fully saturated rings. The van der Waals surface area contributed by atoms with Crippen LogP contribution in [0, 0.1) is 0 Å². The zero-order valence-electron chi connectivity index (χ0n) is 9.72. The van der Waals surface area contributed by atoms with E-state index in [1.807, 2.05) is 30.3 Å². The standard InChI is InChI=1S/C11H12N4O2S/c1-15-11(12-13-14-15)18-9(10(16)17)7-8-5-3-2-4-6-8/h2-6,9H,7H2,1H3,(H,16,17). The number of benzene rings is 1. The first-order valence-electron chi connectivity index (χ1n) is 5.32. The number of tetrazole rings is 1. The highest BCUT2D eigenvalue weighted by molar-refractivity contribution is 8.00. The Morgan fingerprint density at radius 3 is 2.72 bits per heavy atom. The van der Waals surface area contributed by atoms with E-state index in [0.717, 1.165) is 17.3 Å². The third-order valence-corrected chi connectivity index (χ3v) is 3.58. The Hall–Kier alpha value is -1.89. The van der Waals surface area contributed by atoms with Crippen LogP contribution < -0.4 is 0 Å². The lowest BCUT2D eigenvalue weighted by Crippen LogP contribution is -2.20. The molecule has 0 aliphatic heterocycles. The summed E-state index contributed by atoms with van der Waals surface area (Å²) in [6.07, 6.45) is 0.438. The molecule has 1 aromatic heterocycles. The fraction of sp³-hybridized carbons (Fsp3) is 0.273. The molecule has 2 aromatic rings. The normalized spacial score (nSPS) is 12.3. The molecule has 1 N–H and O–H groups in total. The van der Waals surface area contributed by atoms with E-state index >= 15 is 0 Å². The van der Waals surface area contributed by atoms with Gasteiger partial charge in [0, 0.05) is 7.05 Å². The molecule has 2 rings (SSSR count). The highest BCUT2D eigenvalue weighted by atomic mass is 32.2. The van der Waals surface area contributed by atoms with Gasteiger partial charge in [-0.2, -0.15) is 0 Å². The number of aryl methyl sites for hydroxylation is 1. The number of carboxylic acids is 1. The van der Waals surface area contributed by atoms with Crippen molar-refractivity contribution in [3.8, 4) is 0 Å². The van der Waals surface area contributed by atoms with E-state index in [4.69, 9.17) is 0 Å². The van der Waals surface area contributed by atoms with Crippen molar-refractivity contribution in [3.63, 3.8) is 0 Å². The number of nitrogens with zero attached hydrogens (tertiary/aromatic N) is 4. The first-order valence-corrected chi connectivity index (χ1v) is 6.20. The fourth-order valence-electron chi connectivity index (χ4n) is 1.46. The van der Waals surface area contributed by atoms with Crippen LogP contribution in [-0.4, -0.2) is 36.5 Å². The van der Waals surface area contributed by atoms with Crippen LogP contribution in [0.3, 0.4) is 0 Å². The lowest BCUT2D eigenvalue weighted by molar-refractivity contribution is -0.136. The molecule has 1 atom stereocenters. The van der Waals surface area contributed by atoms with Crippen LogP contribution in [0.25, 0.3) is 0 Å². The van der Waals surface area contributed by atoms with E-state index in [1.165, 1.54) is 4.68 Å². The second kappa shape index (κ2) is 5.63. The molecule has 0 aliphatic rings. The molecule has 0 saturated heterocycles. The van der Waals surface area contributed by atoms with Gasteiger partial charge in [-0.15, -0.1) is 5.10 Å². The minimum Gasteiger partial charge on any atom is -0.480 e. The smallest absolute Gasteiger partial charge is 0.317 e. The lowest BCUT2D eigenvalue weighted by atomic mass is 10.1. The molecule has 0 saturated carbocycles. The summed E-state index contributed by atoms with van der Waals surface area (Å²) in [6.45, 7) is 0. The van der Waals surface area contributed by atoms with Crippen LogP contribution in [0.2, 0.25) is 0 Å². The lowest BCUT2D eigenvalue weighted by Gasteiger charge is -2.10. The molecular weight excluding hydrogens is 252 g/mol. The summed E-state index contributed by atoms with van der Waals surface area (Å²) >= 11 is 1.15. The molecule has 0 radical (unpaired) electrons. The number of aliphatic carboxylic acids is 1. The van der Waals surface area contributed by atoms with Gasteiger partial charge < -0.3 is 5.11 Å². The van der Waals surface area contributed by atoms with Gasteiger partial charge in [-0.1, -0.05) is 42.1 Å². The molecule has 1 heterocycles. The monoisotopic (exact) mass is 264 g/mol. The third-order valence-electron chi connectivity index (χ3n) is 2.37. The Bertz CT molecular complexity index is 529. The van der Waals surface area contributed by atoms with Gasteiger partial charge in [-0.25, -0.2) is 4.68 Å². The quantitative estimate of drug-likeness (QED) is 0.811. The number of rotatable bonds is 5. The van der Waals surface area contributed by atoms with E-state index in [2.05, 4.69) is 15.5 Å². The molecule has 6 nitrogen and oxygen atoms in total. The van der Waals surface area contributed by atoms with Crippen molar-refractivity contribution >= 4 is 17.7 Å². The fourth-order valence-corrected chi connectivity index (χ4v) is 2.36. The van der Waals surface area contributed by atoms with Crippen molar-refractivity contribution in [3.05, 3.63) is 35.9 Å². The van der Waals surface area contributed by atoms with E-state index < -0.39 is 11.2 Å². The van der Waals surface area contributed by atoms with E-state index in [-0.39, 0.29) is 0 Å². The van der Waals surface area contributed by atoms with Gasteiger partial charge in [-0.3, -0.25) is 4.79 Å². The van der Waals surface area contributed by atoms with Crippen LogP contribution >= 0.6 is 11.8 Å². The highest BCUT2D eigenvalue weighted by Crippen LogP contribution is 2.23. The van der Waals surface area contributed by atoms with Gasteiger partial charge in [0.15, 0.2) is 0 Å². The number of carbonyl (C=O) groups is 1. The van der Waals surface area contributed by atoms with E-state index in [9.17, 15) is 9.90 Å². The van der Waals surface area contributed by atoms with Crippen molar-refractivity contribution < 1.29 is 9.90 Å². The van der Waals surface area contributed by atoms with E-state index in [0.29, 0.717) is 11.6 Å². The van der Waals surface area contributed by atoms with Gasteiger partial charge in [0.2, 0.25) is 5.16 Å². The largest absolute Gasteiger partial charge is 0.480 e. The molecular formula is C11H12N4O2S. The van der Waals surface area contributed by atoms with Crippen molar-refractivity contribution in [1.29, 1.82) is 0 Å². The predicted octanol–water partition coefficient (Wildman–Crippen LogP) is 0.998. The number of hydrogen-bond acceptors (Lipinski definition) is 5. The second-order valence-corrected chi connectivity index (χ2v) is 4.89. The summed E-state index contributed by atoms with van der Waals surface area (Å²) in [5, 5.41) is 20.1. The van der Waals surface area contributed by atoms with Crippen molar-refractivity contribution in [1.82, 2.24) is 20.2 Å². The number of thioether (sulfide) groups is 1. The Morgan fingerprint density at radius 1 is 1.44 bits per heavy atom. The summed E-state index contributed by atoms with van der Waals surface area (Å²) in [7, 11) is 1.68. The van der Waals surface area contributed by atoms with Crippen LogP contribution in [-0.2, 0) is 18.3 Å². The van der Waals surface area contributed by atoms with Crippen molar-refractivity contribution in [2.45, 2.75) is 16.8 Å². The second-order valence-electron chi connectivity index (χ2n) is 3.72. The first-order chi connectivity index (χ1) is 8.66. The Balaban J connectivity index is 2.10. The SMILES string of the molecule is Cn1nnnc1SC(Cc1ccccc1)C(=O)O. The van der Waals surface area contributed by atoms with Crippen molar-refractivity contribution in [2.24, 2.45) is 7.05 Å². The Kier molecular flexibility index (Phi) is 3.93. The van der Waals surface area contributed by atoms with Gasteiger partial charge in [-0.05, 0) is 22.4 Å². The predicted molar refractivity (Wildman–Crippen MR) is 66.2 cm³/mol. The average Bonchev–Trinajstić information content (AvgIpc) is 2.75. The molecule has 0 spiro atoms. The maximum atomic E-state index is 11.2. The summed E-state index contributed by atoms with van der Waals surface area (Å²) < 4.78 is 1.46. The maximum Gasteiger partial charge on any atom is 0.317 e. The first kappa shape index (κ1) is 12.6. The molecule has 0 bridgehead atoms. The van der Waals surface area contributed by atoms with Crippen molar-refractivity contribution in [2.75, 3.05) is 0 Å². The number of hydrogen-bond donors (Lipinski definition) is 1. The minimum atomic E-state index is -0.869. The molecule has 7 heteroatoms. The summed E-state index contributed by atoms with van der Waals surface area (Å²) in [6, 6.07) is 9.50. The highest BCUT2D eigenvalue weighted by Gasteiger charge is 2.22. The molecule has 0 amide bonds. The van der Waals surface area contributed by atoms with Crippen LogP contribution in [0.5, 0.6) is 0 Å². The topological polar surface area (TPSA) is 80.9 Å². The summed E-state index contributed by atoms with van der Waals surface area (Å²) in [4.78, 5) is 11.2. The molecule has 94 valence electrons. The zero-order valence-corrected chi connectivity index (χ0v) is 10.5. The van der Waals surface area contributed by atoms with Gasteiger partial charge >= 0.3 is 5.97 Å².